The largest absolute Gasteiger partial charge is 0.360 e. The Hall–Kier alpha value is 0.140. The van der Waals surface area contributed by atoms with Gasteiger partial charge in [-0.05, 0) is 32.7 Å². The third kappa shape index (κ3) is 8.14. The zero-order valence-corrected chi connectivity index (χ0v) is 6.91. The Kier molecular flexibility index (Phi) is 6.36. The fraction of sp³-hybridized carbons (Fsp3) is 0.833. The zero-order chi connectivity index (χ0) is 7.11. The van der Waals surface area contributed by atoms with E-state index in [1.54, 1.807) is 6.92 Å². The summed E-state index contributed by atoms with van der Waals surface area (Å²) >= 11 is 1.07. The van der Waals surface area contributed by atoms with Gasteiger partial charge < -0.3 is 10.4 Å². The molecule has 0 saturated carbocycles. The second-order valence-corrected chi connectivity index (χ2v) is 3.30. The van der Waals surface area contributed by atoms with Gasteiger partial charge in [0.05, 0.1) is 5.05 Å². The number of rotatable bonds is 4. The topological polar surface area (TPSA) is 32.3 Å². The summed E-state index contributed by atoms with van der Waals surface area (Å²) in [4.78, 5) is 0. The Morgan fingerprint density at radius 2 is 2.33 bits per heavy atom. The quantitative estimate of drug-likeness (QED) is 0.313. The van der Waals surface area contributed by atoms with E-state index < -0.39 is 0 Å². The molecule has 0 bridgehead atoms. The third-order valence-corrected chi connectivity index (χ3v) is 1.92. The van der Waals surface area contributed by atoms with Gasteiger partial charge in [-0.1, -0.05) is 0 Å². The smallest absolute Gasteiger partial charge is 0.0663 e. The molecule has 9 heavy (non-hydrogen) atoms. The minimum atomic E-state index is 0.520. The van der Waals surface area contributed by atoms with E-state index in [1.165, 1.54) is 0 Å². The molecule has 0 aromatic carbocycles. The monoisotopic (exact) mass is 149 g/mol. The predicted octanol–water partition coefficient (Wildman–Crippen LogP) is 0.769. The van der Waals surface area contributed by atoms with E-state index in [0.29, 0.717) is 5.05 Å². The second-order valence-electron chi connectivity index (χ2n) is 1.89. The summed E-state index contributed by atoms with van der Waals surface area (Å²) in [6, 6.07) is 0. The molecule has 0 aliphatic carbocycles. The molecule has 0 amide bonds. The highest BCUT2D eigenvalue weighted by atomic mass is 32.1. The van der Waals surface area contributed by atoms with Crippen molar-refractivity contribution in [3.05, 3.63) is 0 Å². The van der Waals surface area contributed by atoms with Crippen LogP contribution in [0.4, 0.5) is 0 Å². The fourth-order valence-corrected chi connectivity index (χ4v) is 1.14. The zero-order valence-electron chi connectivity index (χ0n) is 6.02. The molecule has 0 fully saturated rings. The van der Waals surface area contributed by atoms with Crippen LogP contribution in [0.5, 0.6) is 0 Å². The van der Waals surface area contributed by atoms with Gasteiger partial charge in [0.1, 0.15) is 0 Å². The van der Waals surface area contributed by atoms with Crippen LogP contribution in [0.15, 0.2) is 0 Å². The Bertz CT molecular complexity index is 89.1. The van der Waals surface area contributed by atoms with Crippen LogP contribution in [0, 0.1) is 0 Å². The van der Waals surface area contributed by atoms with Crippen LogP contribution in [0.1, 0.15) is 13.3 Å². The average molecular weight is 149 g/mol. The van der Waals surface area contributed by atoms with Crippen molar-refractivity contribution < 1.29 is 5.11 Å². The van der Waals surface area contributed by atoms with Crippen LogP contribution in [0.25, 0.3) is 0 Å². The van der Waals surface area contributed by atoms with Crippen LogP contribution in [0.2, 0.25) is 0 Å². The Labute approximate surface area is 60.2 Å². The highest BCUT2D eigenvalue weighted by Crippen LogP contribution is 1.90. The van der Waals surface area contributed by atoms with Crippen molar-refractivity contribution >= 4 is 16.4 Å². The molecule has 2 N–H and O–H groups in total. The molecule has 0 aliphatic heterocycles. The molecular weight excluding hydrogens is 134 g/mol. The number of hydrogen-bond acceptors (Lipinski definition) is 1. The van der Waals surface area contributed by atoms with Crippen LogP contribution >= 0.6 is 11.4 Å². The third-order valence-electron chi connectivity index (χ3n) is 0.926. The number of aliphatic hydroxyl groups excluding tert-OH is 1. The summed E-state index contributed by atoms with van der Waals surface area (Å²) in [6.45, 7) is 2.78. The van der Waals surface area contributed by atoms with Crippen molar-refractivity contribution in [3.63, 3.8) is 0 Å². The van der Waals surface area contributed by atoms with Crippen LogP contribution < -0.4 is 5.32 Å². The van der Waals surface area contributed by atoms with Crippen LogP contribution in [-0.2, 0) is 0 Å². The van der Waals surface area contributed by atoms with Crippen LogP contribution in [-0.4, -0.2) is 29.5 Å². The van der Waals surface area contributed by atoms with Crippen molar-refractivity contribution in [3.8, 4) is 0 Å². The highest BCUT2D eigenvalue weighted by Gasteiger charge is 1.80. The van der Waals surface area contributed by atoms with E-state index >= 15 is 0 Å². The molecule has 3 heteroatoms. The van der Waals surface area contributed by atoms with Crippen molar-refractivity contribution in [2.75, 3.05) is 19.3 Å². The normalized spacial score (nSPS) is 13.0. The van der Waals surface area contributed by atoms with Gasteiger partial charge in [0.15, 0.2) is 0 Å². The summed E-state index contributed by atoms with van der Waals surface area (Å²) in [5.41, 5.74) is 0. The molecule has 0 aliphatic rings. The van der Waals surface area contributed by atoms with E-state index in [9.17, 15) is 0 Å². The molecule has 0 unspecified atom stereocenters. The SMILES string of the molecule is CNCCC[SH]=C(C)O. The van der Waals surface area contributed by atoms with E-state index in [-0.39, 0.29) is 0 Å². The first-order valence-electron chi connectivity index (χ1n) is 3.12. The maximum atomic E-state index is 8.74. The van der Waals surface area contributed by atoms with Gasteiger partial charge in [-0.3, -0.25) is 0 Å². The lowest BCUT2D eigenvalue weighted by Crippen LogP contribution is -2.07. The predicted molar refractivity (Wildman–Crippen MR) is 45.7 cm³/mol. The van der Waals surface area contributed by atoms with E-state index in [0.717, 1.165) is 30.1 Å². The summed E-state index contributed by atoms with van der Waals surface area (Å²) in [7, 11) is 1.94. The molecule has 0 heterocycles. The van der Waals surface area contributed by atoms with Crippen molar-refractivity contribution in [1.82, 2.24) is 5.32 Å². The van der Waals surface area contributed by atoms with Gasteiger partial charge in [0, 0.05) is 0 Å². The standard InChI is InChI=1S/C6H15NOS/c1-6(8)9-5-3-4-7-2/h7-9H,3-5H2,1-2H3. The lowest BCUT2D eigenvalue weighted by molar-refractivity contribution is 0.564. The molecule has 0 spiro atoms. The van der Waals surface area contributed by atoms with E-state index in [4.69, 9.17) is 5.11 Å². The molecule has 2 nitrogen and oxygen atoms in total. The molecule has 0 radical (unpaired) electrons. The molecule has 0 saturated heterocycles. The first-order chi connectivity index (χ1) is 4.27. The van der Waals surface area contributed by atoms with Crippen molar-refractivity contribution in [2.45, 2.75) is 13.3 Å². The maximum Gasteiger partial charge on any atom is 0.0663 e. The van der Waals surface area contributed by atoms with Gasteiger partial charge in [-0.15, -0.1) is 0 Å². The minimum absolute atomic E-state index is 0.520. The van der Waals surface area contributed by atoms with Gasteiger partial charge >= 0.3 is 0 Å². The summed E-state index contributed by atoms with van der Waals surface area (Å²) < 4.78 is 0. The molecular formula is C6H15NOS. The fourth-order valence-electron chi connectivity index (χ4n) is 0.497. The second kappa shape index (κ2) is 6.26. The van der Waals surface area contributed by atoms with Gasteiger partial charge in [-0.25, -0.2) is 0 Å². The summed E-state index contributed by atoms with van der Waals surface area (Å²) in [6.07, 6.45) is 1.13. The average Bonchev–Trinajstić information content (AvgIpc) is 1.80. The Morgan fingerprint density at radius 1 is 1.67 bits per heavy atom. The number of thiol groups is 1. The molecule has 0 aromatic rings. The van der Waals surface area contributed by atoms with Crippen molar-refractivity contribution in [1.29, 1.82) is 0 Å². The van der Waals surface area contributed by atoms with Gasteiger partial charge in [0.25, 0.3) is 0 Å². The number of nitrogens with one attached hydrogen (secondary N) is 1. The summed E-state index contributed by atoms with van der Waals surface area (Å²) in [5, 5.41) is 12.3. The maximum absolute atomic E-state index is 8.74. The molecule has 0 aromatic heterocycles. The lowest BCUT2D eigenvalue weighted by Gasteiger charge is -1.94. The van der Waals surface area contributed by atoms with Crippen LogP contribution in [0.3, 0.4) is 0 Å². The first kappa shape index (κ1) is 9.14. The lowest BCUT2D eigenvalue weighted by atomic mass is 10.5. The molecule has 56 valence electrons. The molecule has 0 rings (SSSR count). The van der Waals surface area contributed by atoms with E-state index in [2.05, 4.69) is 5.32 Å². The van der Waals surface area contributed by atoms with Gasteiger partial charge in [0.2, 0.25) is 0 Å². The number of hydrogen-bond donors (Lipinski definition) is 3. The molecule has 0 atom stereocenters. The highest BCUT2D eigenvalue weighted by molar-refractivity contribution is 7.98. The Morgan fingerprint density at radius 3 is 2.78 bits per heavy atom. The minimum Gasteiger partial charge on any atom is -0.360 e. The van der Waals surface area contributed by atoms with Crippen molar-refractivity contribution in [2.24, 2.45) is 0 Å². The Balaban J connectivity index is 3.00. The first-order valence-corrected chi connectivity index (χ1v) is 4.20. The summed E-state index contributed by atoms with van der Waals surface area (Å²) in [5.74, 6) is 1.06. The van der Waals surface area contributed by atoms with E-state index in [1.807, 2.05) is 7.05 Å². The number of aliphatic hydroxyl groups is 1. The van der Waals surface area contributed by atoms with Gasteiger partial charge in [-0.2, -0.15) is 11.4 Å².